The highest BCUT2D eigenvalue weighted by molar-refractivity contribution is 9.10. The lowest BCUT2D eigenvalue weighted by molar-refractivity contribution is 0.0941. The molecule has 1 rings (SSSR count). The first-order valence-electron chi connectivity index (χ1n) is 5.16. The molecular weight excluding hydrogens is 321 g/mol. The summed E-state index contributed by atoms with van der Waals surface area (Å²) in [6, 6.07) is 4.68. The van der Waals surface area contributed by atoms with Crippen LogP contribution in [0.3, 0.4) is 0 Å². The summed E-state index contributed by atoms with van der Waals surface area (Å²) in [6.45, 7) is 1.76. The predicted molar refractivity (Wildman–Crippen MR) is 74.1 cm³/mol. The Morgan fingerprint density at radius 3 is 2.89 bits per heavy atom. The Hall–Kier alpha value is -1.27. The highest BCUT2D eigenvalue weighted by Gasteiger charge is 2.12. The van der Waals surface area contributed by atoms with Gasteiger partial charge in [0, 0.05) is 22.5 Å². The first-order chi connectivity index (χ1) is 8.43. The molecule has 7 heteroatoms. The lowest BCUT2D eigenvalue weighted by Gasteiger charge is -2.13. The van der Waals surface area contributed by atoms with Crippen LogP contribution >= 0.6 is 27.5 Å². The molecule has 0 bridgehead atoms. The van der Waals surface area contributed by atoms with Crippen LogP contribution in [0, 0.1) is 0 Å². The molecule has 0 spiro atoms. The number of carbonyl (C=O) groups excluding carboxylic acids is 1. The fraction of sp³-hybridized carbons (Fsp3) is 0.273. The molecule has 0 saturated carbocycles. The fourth-order valence-corrected chi connectivity index (χ4v) is 1.78. The Balaban J connectivity index is 2.67. The molecule has 0 saturated heterocycles. The number of rotatable bonds is 4. The molecule has 0 aliphatic rings. The number of nitrogens with zero attached hydrogens (tertiary/aromatic N) is 1. The summed E-state index contributed by atoms with van der Waals surface area (Å²) in [5.74, 6) is -0.195. The van der Waals surface area contributed by atoms with E-state index in [1.165, 1.54) is 0 Å². The van der Waals surface area contributed by atoms with E-state index in [-0.39, 0.29) is 24.2 Å². The maximum Gasteiger partial charge on any atom is 0.251 e. The molecule has 1 atom stereocenters. The molecule has 1 unspecified atom stereocenters. The molecule has 1 aromatic carbocycles. The van der Waals surface area contributed by atoms with Crippen LogP contribution < -0.4 is 11.1 Å². The minimum absolute atomic E-state index is 0.0663. The summed E-state index contributed by atoms with van der Waals surface area (Å²) in [5, 5.41) is 14.5. The first-order valence-corrected chi connectivity index (χ1v) is 6.33. The van der Waals surface area contributed by atoms with Crippen LogP contribution in [0.2, 0.25) is 5.02 Å². The van der Waals surface area contributed by atoms with E-state index < -0.39 is 0 Å². The van der Waals surface area contributed by atoms with Gasteiger partial charge in [0.15, 0.2) is 0 Å². The predicted octanol–water partition coefficient (Wildman–Crippen LogP) is 2.36. The maximum atomic E-state index is 11.9. The largest absolute Gasteiger partial charge is 0.409 e. The van der Waals surface area contributed by atoms with Crippen molar-refractivity contribution in [3.63, 3.8) is 0 Å². The lowest BCUT2D eigenvalue weighted by atomic mass is 10.1. The van der Waals surface area contributed by atoms with Crippen LogP contribution in [0.15, 0.2) is 27.8 Å². The van der Waals surface area contributed by atoms with Crippen molar-refractivity contribution in [3.05, 3.63) is 33.3 Å². The number of hydrogen-bond donors (Lipinski definition) is 3. The van der Waals surface area contributed by atoms with Gasteiger partial charge in [0.05, 0.1) is 5.02 Å². The zero-order valence-electron chi connectivity index (χ0n) is 9.65. The molecule has 0 fully saturated rings. The SMILES string of the molecule is CC(C/C(N)=N/O)NC(=O)c1ccc(Br)c(Cl)c1. The average molecular weight is 335 g/mol. The molecule has 0 aromatic heterocycles. The van der Waals surface area contributed by atoms with Crippen molar-refractivity contribution in [3.8, 4) is 0 Å². The minimum atomic E-state index is -0.261. The smallest absolute Gasteiger partial charge is 0.251 e. The highest BCUT2D eigenvalue weighted by Crippen LogP contribution is 2.23. The fourth-order valence-electron chi connectivity index (χ4n) is 1.35. The molecular formula is C11H13BrClN3O2. The van der Waals surface area contributed by atoms with E-state index in [4.69, 9.17) is 22.5 Å². The van der Waals surface area contributed by atoms with Crippen molar-refractivity contribution in [2.24, 2.45) is 10.9 Å². The summed E-state index contributed by atoms with van der Waals surface area (Å²) in [6.07, 6.45) is 0.270. The van der Waals surface area contributed by atoms with E-state index in [2.05, 4.69) is 26.4 Å². The molecule has 4 N–H and O–H groups in total. The third-order valence-electron chi connectivity index (χ3n) is 2.20. The standard InChI is InChI=1S/C11H13BrClN3O2/c1-6(4-10(14)16-18)15-11(17)7-2-3-8(12)9(13)5-7/h2-3,5-6,18H,4H2,1H3,(H2,14,16)(H,15,17). The summed E-state index contributed by atoms with van der Waals surface area (Å²) in [5.41, 5.74) is 5.81. The monoisotopic (exact) mass is 333 g/mol. The summed E-state index contributed by atoms with van der Waals surface area (Å²) < 4.78 is 0.727. The molecule has 0 aliphatic carbocycles. The summed E-state index contributed by atoms with van der Waals surface area (Å²) >= 11 is 9.15. The number of carbonyl (C=O) groups is 1. The van der Waals surface area contributed by atoms with E-state index in [1.54, 1.807) is 25.1 Å². The molecule has 5 nitrogen and oxygen atoms in total. The molecule has 0 heterocycles. The number of amides is 1. The number of nitrogens with one attached hydrogen (secondary N) is 1. The maximum absolute atomic E-state index is 11.9. The number of hydrogen-bond acceptors (Lipinski definition) is 3. The normalized spacial score (nSPS) is 13.2. The van der Waals surface area contributed by atoms with E-state index in [9.17, 15) is 4.79 Å². The number of amidine groups is 1. The van der Waals surface area contributed by atoms with Crippen LogP contribution in [0.25, 0.3) is 0 Å². The van der Waals surface area contributed by atoms with E-state index in [0.29, 0.717) is 10.6 Å². The average Bonchev–Trinajstić information content (AvgIpc) is 2.32. The van der Waals surface area contributed by atoms with Gasteiger partial charge in [-0.1, -0.05) is 16.8 Å². The molecule has 18 heavy (non-hydrogen) atoms. The van der Waals surface area contributed by atoms with Crippen molar-refractivity contribution in [2.75, 3.05) is 0 Å². The van der Waals surface area contributed by atoms with Gasteiger partial charge in [-0.2, -0.15) is 0 Å². The second-order valence-corrected chi connectivity index (χ2v) is 5.06. The van der Waals surface area contributed by atoms with Crippen molar-refractivity contribution >= 4 is 39.3 Å². The van der Waals surface area contributed by atoms with Crippen LogP contribution in [0.1, 0.15) is 23.7 Å². The molecule has 0 radical (unpaired) electrons. The zero-order valence-corrected chi connectivity index (χ0v) is 12.0. The third kappa shape index (κ3) is 4.19. The second kappa shape index (κ2) is 6.61. The summed E-state index contributed by atoms with van der Waals surface area (Å²) in [4.78, 5) is 11.9. The van der Waals surface area contributed by atoms with Gasteiger partial charge >= 0.3 is 0 Å². The van der Waals surface area contributed by atoms with Gasteiger partial charge in [0.2, 0.25) is 0 Å². The molecule has 1 amide bonds. The van der Waals surface area contributed by atoms with Crippen molar-refractivity contribution < 1.29 is 10.0 Å². The third-order valence-corrected chi connectivity index (χ3v) is 3.44. The Morgan fingerprint density at radius 1 is 1.67 bits per heavy atom. The molecule has 98 valence electrons. The number of benzene rings is 1. The Labute approximate surface area is 118 Å². The molecule has 1 aromatic rings. The van der Waals surface area contributed by atoms with Crippen LogP contribution in [0.5, 0.6) is 0 Å². The quantitative estimate of drug-likeness (QED) is 0.342. The zero-order chi connectivity index (χ0) is 13.7. The topological polar surface area (TPSA) is 87.7 Å². The number of nitrogens with two attached hydrogens (primary N) is 1. The van der Waals surface area contributed by atoms with Crippen LogP contribution in [-0.2, 0) is 0 Å². The Morgan fingerprint density at radius 2 is 2.33 bits per heavy atom. The van der Waals surface area contributed by atoms with Gasteiger partial charge in [-0.3, -0.25) is 4.79 Å². The van der Waals surface area contributed by atoms with Crippen LogP contribution in [-0.4, -0.2) is 23.0 Å². The van der Waals surface area contributed by atoms with Crippen molar-refractivity contribution in [2.45, 2.75) is 19.4 Å². The van der Waals surface area contributed by atoms with E-state index in [0.717, 1.165) is 4.47 Å². The minimum Gasteiger partial charge on any atom is -0.409 e. The number of halogens is 2. The molecule has 0 aliphatic heterocycles. The first kappa shape index (κ1) is 14.8. The van der Waals surface area contributed by atoms with Gasteiger partial charge < -0.3 is 16.3 Å². The summed E-state index contributed by atoms with van der Waals surface area (Å²) in [7, 11) is 0. The Kier molecular flexibility index (Phi) is 5.43. The highest BCUT2D eigenvalue weighted by atomic mass is 79.9. The van der Waals surface area contributed by atoms with E-state index in [1.807, 2.05) is 0 Å². The lowest BCUT2D eigenvalue weighted by Crippen LogP contribution is -2.35. The van der Waals surface area contributed by atoms with Gasteiger partial charge in [-0.15, -0.1) is 0 Å². The second-order valence-electron chi connectivity index (χ2n) is 3.80. The number of oxime groups is 1. The van der Waals surface area contributed by atoms with Gasteiger partial charge in [0.25, 0.3) is 5.91 Å². The van der Waals surface area contributed by atoms with Gasteiger partial charge in [0.1, 0.15) is 5.84 Å². The van der Waals surface area contributed by atoms with Crippen LogP contribution in [0.4, 0.5) is 0 Å². The van der Waals surface area contributed by atoms with Crippen molar-refractivity contribution in [1.29, 1.82) is 0 Å². The van der Waals surface area contributed by atoms with E-state index >= 15 is 0 Å². The van der Waals surface area contributed by atoms with Crippen molar-refractivity contribution in [1.82, 2.24) is 5.32 Å². The van der Waals surface area contributed by atoms with Gasteiger partial charge in [-0.05, 0) is 41.1 Å². The van der Waals surface area contributed by atoms with Gasteiger partial charge in [-0.25, -0.2) is 0 Å². The Bertz CT molecular complexity index is 479.